The lowest BCUT2D eigenvalue weighted by molar-refractivity contribution is 0.112. The Morgan fingerprint density at radius 2 is 2.08 bits per heavy atom. The maximum atomic E-state index is 11.1. The molecule has 0 heterocycles. The van der Waals surface area contributed by atoms with Gasteiger partial charge in [0, 0.05) is 13.6 Å². The summed E-state index contributed by atoms with van der Waals surface area (Å²) in [6.07, 6.45) is 4.24. The average Bonchev–Trinajstić information content (AvgIpc) is 2.16. The SMILES string of the molecule is [CH2]CN(C)C(=O)OCCCCCC. The van der Waals surface area contributed by atoms with E-state index in [0.29, 0.717) is 13.2 Å². The Hall–Kier alpha value is -0.730. The third kappa shape index (κ3) is 6.43. The minimum atomic E-state index is -0.272. The molecule has 0 atom stereocenters. The molecule has 0 aromatic heterocycles. The van der Waals surface area contributed by atoms with E-state index in [1.807, 2.05) is 0 Å². The van der Waals surface area contributed by atoms with Crippen LogP contribution in [0.15, 0.2) is 0 Å². The summed E-state index contributed by atoms with van der Waals surface area (Å²) in [4.78, 5) is 12.5. The van der Waals surface area contributed by atoms with Crippen molar-refractivity contribution in [2.24, 2.45) is 0 Å². The number of carbonyl (C=O) groups is 1. The fourth-order valence-corrected chi connectivity index (χ4v) is 0.890. The largest absolute Gasteiger partial charge is 0.449 e. The molecule has 0 aromatic rings. The smallest absolute Gasteiger partial charge is 0.409 e. The molecule has 0 saturated heterocycles. The van der Waals surface area contributed by atoms with Crippen molar-refractivity contribution in [3.63, 3.8) is 0 Å². The van der Waals surface area contributed by atoms with Crippen LogP contribution < -0.4 is 0 Å². The lowest BCUT2D eigenvalue weighted by atomic mass is 10.2. The van der Waals surface area contributed by atoms with Gasteiger partial charge < -0.3 is 9.64 Å². The first-order chi connectivity index (χ1) is 6.22. The normalized spacial score (nSPS) is 9.77. The second-order valence-electron chi connectivity index (χ2n) is 3.10. The van der Waals surface area contributed by atoms with Gasteiger partial charge in [0.25, 0.3) is 0 Å². The zero-order chi connectivity index (χ0) is 10.1. The minimum absolute atomic E-state index is 0.272. The van der Waals surface area contributed by atoms with Gasteiger partial charge in [0.2, 0.25) is 0 Å². The quantitative estimate of drug-likeness (QED) is 0.596. The molecule has 0 N–H and O–H groups in total. The molecule has 77 valence electrons. The first kappa shape index (κ1) is 12.3. The van der Waals surface area contributed by atoms with Crippen molar-refractivity contribution in [3.8, 4) is 0 Å². The molecule has 0 spiro atoms. The van der Waals surface area contributed by atoms with Crippen LogP contribution in [-0.2, 0) is 4.74 Å². The molecule has 1 radical (unpaired) electrons. The fraction of sp³-hybridized carbons (Fsp3) is 0.800. The Balaban J connectivity index is 3.27. The minimum Gasteiger partial charge on any atom is -0.449 e. The topological polar surface area (TPSA) is 29.5 Å². The highest BCUT2D eigenvalue weighted by molar-refractivity contribution is 5.67. The fourth-order valence-electron chi connectivity index (χ4n) is 0.890. The molecular weight excluding hydrogens is 166 g/mol. The number of ether oxygens (including phenoxy) is 1. The van der Waals surface area contributed by atoms with E-state index in [1.165, 1.54) is 17.7 Å². The van der Waals surface area contributed by atoms with Crippen LogP contribution in [0.3, 0.4) is 0 Å². The summed E-state index contributed by atoms with van der Waals surface area (Å²) in [5.41, 5.74) is 0. The summed E-state index contributed by atoms with van der Waals surface area (Å²) in [5, 5.41) is 0. The Kier molecular flexibility index (Phi) is 7.45. The van der Waals surface area contributed by atoms with E-state index >= 15 is 0 Å². The Morgan fingerprint density at radius 3 is 2.62 bits per heavy atom. The first-order valence-corrected chi connectivity index (χ1v) is 4.89. The molecule has 0 aromatic carbocycles. The molecule has 0 aliphatic heterocycles. The van der Waals surface area contributed by atoms with Crippen LogP contribution in [0.4, 0.5) is 4.79 Å². The monoisotopic (exact) mass is 186 g/mol. The summed E-state index contributed by atoms with van der Waals surface area (Å²) in [6.45, 7) is 6.73. The van der Waals surface area contributed by atoms with E-state index in [4.69, 9.17) is 4.74 Å². The highest BCUT2D eigenvalue weighted by Gasteiger charge is 2.05. The van der Waals surface area contributed by atoms with Gasteiger partial charge in [0.1, 0.15) is 0 Å². The van der Waals surface area contributed by atoms with Crippen molar-refractivity contribution in [2.45, 2.75) is 32.6 Å². The van der Waals surface area contributed by atoms with Crippen LogP contribution in [0.5, 0.6) is 0 Å². The summed E-state index contributed by atoms with van der Waals surface area (Å²) in [6, 6.07) is 0. The van der Waals surface area contributed by atoms with Crippen LogP contribution in [0.1, 0.15) is 32.6 Å². The number of carbonyl (C=O) groups excluding carboxylic acids is 1. The lowest BCUT2D eigenvalue weighted by Crippen LogP contribution is -2.27. The summed E-state index contributed by atoms with van der Waals surface area (Å²) in [5.74, 6) is 0. The number of amides is 1. The van der Waals surface area contributed by atoms with E-state index < -0.39 is 0 Å². The second kappa shape index (κ2) is 7.90. The molecule has 0 fully saturated rings. The van der Waals surface area contributed by atoms with Gasteiger partial charge in [0.05, 0.1) is 6.61 Å². The molecular formula is C10H20NO2. The molecule has 3 heteroatoms. The molecule has 0 bridgehead atoms. The highest BCUT2D eigenvalue weighted by Crippen LogP contribution is 1.99. The van der Waals surface area contributed by atoms with E-state index in [-0.39, 0.29) is 6.09 Å². The number of hydrogen-bond acceptors (Lipinski definition) is 2. The Bertz CT molecular complexity index is 137. The van der Waals surface area contributed by atoms with Crippen LogP contribution >= 0.6 is 0 Å². The van der Waals surface area contributed by atoms with Crippen molar-refractivity contribution >= 4 is 6.09 Å². The number of hydrogen-bond donors (Lipinski definition) is 0. The van der Waals surface area contributed by atoms with Gasteiger partial charge in [-0.05, 0) is 13.3 Å². The van der Waals surface area contributed by atoms with Crippen molar-refractivity contribution < 1.29 is 9.53 Å². The molecule has 13 heavy (non-hydrogen) atoms. The van der Waals surface area contributed by atoms with Gasteiger partial charge in [-0.3, -0.25) is 0 Å². The third-order valence-corrected chi connectivity index (χ3v) is 1.87. The van der Waals surface area contributed by atoms with Crippen molar-refractivity contribution in [3.05, 3.63) is 6.92 Å². The standard InChI is InChI=1S/C10H20NO2/c1-4-6-7-8-9-13-10(12)11(3)5-2/h2,4-9H2,1,3H3. The van der Waals surface area contributed by atoms with E-state index in [2.05, 4.69) is 13.8 Å². The maximum Gasteiger partial charge on any atom is 0.409 e. The maximum absolute atomic E-state index is 11.1. The molecule has 0 saturated carbocycles. The van der Waals surface area contributed by atoms with Gasteiger partial charge in [-0.15, -0.1) is 0 Å². The summed E-state index contributed by atoms with van der Waals surface area (Å²) >= 11 is 0. The summed E-state index contributed by atoms with van der Waals surface area (Å²) < 4.78 is 4.99. The predicted molar refractivity (Wildman–Crippen MR) is 53.5 cm³/mol. The molecule has 0 aliphatic rings. The highest BCUT2D eigenvalue weighted by atomic mass is 16.6. The van der Waals surface area contributed by atoms with Crippen LogP contribution in [0.2, 0.25) is 0 Å². The van der Waals surface area contributed by atoms with Gasteiger partial charge >= 0.3 is 6.09 Å². The Labute approximate surface area is 81.1 Å². The Morgan fingerprint density at radius 1 is 1.38 bits per heavy atom. The van der Waals surface area contributed by atoms with E-state index in [0.717, 1.165) is 12.8 Å². The summed E-state index contributed by atoms with van der Waals surface area (Å²) in [7, 11) is 1.68. The van der Waals surface area contributed by atoms with Crippen LogP contribution in [-0.4, -0.2) is 31.2 Å². The van der Waals surface area contributed by atoms with Gasteiger partial charge in [-0.25, -0.2) is 4.79 Å². The van der Waals surface area contributed by atoms with Gasteiger partial charge in [0.15, 0.2) is 0 Å². The second-order valence-corrected chi connectivity index (χ2v) is 3.10. The van der Waals surface area contributed by atoms with Gasteiger partial charge in [-0.1, -0.05) is 26.2 Å². The number of nitrogens with zero attached hydrogens (tertiary/aromatic N) is 1. The van der Waals surface area contributed by atoms with E-state index in [9.17, 15) is 4.79 Å². The molecule has 0 unspecified atom stereocenters. The van der Waals surface area contributed by atoms with Crippen molar-refractivity contribution in [2.75, 3.05) is 20.2 Å². The zero-order valence-corrected chi connectivity index (χ0v) is 8.71. The number of unbranched alkanes of at least 4 members (excludes halogenated alkanes) is 3. The predicted octanol–water partition coefficient (Wildman–Crippen LogP) is 2.47. The van der Waals surface area contributed by atoms with Crippen LogP contribution in [0, 0.1) is 6.92 Å². The third-order valence-electron chi connectivity index (χ3n) is 1.87. The first-order valence-electron chi connectivity index (χ1n) is 4.89. The molecule has 3 nitrogen and oxygen atoms in total. The van der Waals surface area contributed by atoms with E-state index in [1.54, 1.807) is 7.05 Å². The average molecular weight is 186 g/mol. The van der Waals surface area contributed by atoms with Gasteiger partial charge in [-0.2, -0.15) is 0 Å². The van der Waals surface area contributed by atoms with Crippen molar-refractivity contribution in [1.29, 1.82) is 0 Å². The zero-order valence-electron chi connectivity index (χ0n) is 8.71. The molecule has 1 amide bonds. The van der Waals surface area contributed by atoms with Crippen LogP contribution in [0.25, 0.3) is 0 Å². The van der Waals surface area contributed by atoms with Crippen molar-refractivity contribution in [1.82, 2.24) is 4.90 Å². The lowest BCUT2D eigenvalue weighted by Gasteiger charge is -2.13. The number of rotatable bonds is 6. The molecule has 0 aliphatic carbocycles. The molecule has 0 rings (SSSR count).